The highest BCUT2D eigenvalue weighted by atomic mass is 79.9. The molecule has 0 aliphatic heterocycles. The van der Waals surface area contributed by atoms with Gasteiger partial charge in [-0.05, 0) is 25.0 Å². The minimum atomic E-state index is -0.0528. The summed E-state index contributed by atoms with van der Waals surface area (Å²) in [6, 6.07) is 3.41. The molecule has 0 aromatic carbocycles. The lowest BCUT2D eigenvalue weighted by Crippen LogP contribution is -2.23. The maximum Gasteiger partial charge on any atom is 0.178 e. The Kier molecular flexibility index (Phi) is 2.39. The van der Waals surface area contributed by atoms with Crippen LogP contribution in [-0.2, 0) is 6.42 Å². The molecule has 68 valence electrons. The Labute approximate surface area is 89.4 Å². The molecule has 2 rings (SSSR count). The Bertz CT molecular complexity index is 367. The molecule has 1 heterocycles. The number of fused-ring (bicyclic) bond motifs is 1. The summed E-state index contributed by atoms with van der Waals surface area (Å²) < 4.78 is 0. The topological polar surface area (TPSA) is 30.0 Å². The van der Waals surface area contributed by atoms with Crippen molar-refractivity contribution in [3.63, 3.8) is 0 Å². The first-order valence-electron chi connectivity index (χ1n) is 4.02. The quantitative estimate of drug-likeness (QED) is 0.530. The predicted octanol–water partition coefficient (Wildman–Crippen LogP) is 2.63. The molecule has 13 heavy (non-hydrogen) atoms. The number of aromatic nitrogens is 1. The van der Waals surface area contributed by atoms with Crippen LogP contribution in [-0.4, -0.2) is 15.6 Å². The summed E-state index contributed by atoms with van der Waals surface area (Å²) in [5.74, 6) is 0.116. The summed E-state index contributed by atoms with van der Waals surface area (Å²) in [4.78, 5) is 15.7. The molecule has 1 aromatic rings. The average molecular weight is 261 g/mol. The smallest absolute Gasteiger partial charge is 0.178 e. The molecule has 0 radical (unpaired) electrons. The normalized spacial score (nSPS) is 21.4. The number of nitrogens with zero attached hydrogens (tertiary/aromatic N) is 1. The largest absolute Gasteiger partial charge is 0.293 e. The first-order chi connectivity index (χ1) is 6.18. The predicted molar refractivity (Wildman–Crippen MR) is 54.6 cm³/mol. The van der Waals surface area contributed by atoms with E-state index < -0.39 is 0 Å². The molecule has 0 N–H and O–H groups in total. The maximum atomic E-state index is 11.6. The van der Waals surface area contributed by atoms with E-state index in [1.165, 1.54) is 0 Å². The Balaban J connectivity index is 2.50. The SMILES string of the molecule is O=C1c2ccc(Cl)nc2CCC1Br. The second kappa shape index (κ2) is 3.39. The van der Waals surface area contributed by atoms with Gasteiger partial charge < -0.3 is 0 Å². The number of halogens is 2. The number of hydrogen-bond donors (Lipinski definition) is 0. The van der Waals surface area contributed by atoms with E-state index in [1.807, 2.05) is 0 Å². The van der Waals surface area contributed by atoms with Crippen molar-refractivity contribution in [1.82, 2.24) is 4.98 Å². The van der Waals surface area contributed by atoms with E-state index in [0.29, 0.717) is 10.7 Å². The molecule has 1 aliphatic rings. The summed E-state index contributed by atoms with van der Waals surface area (Å²) in [6.45, 7) is 0. The number of aryl methyl sites for hydroxylation is 1. The number of ketones is 1. The zero-order valence-corrected chi connectivity index (χ0v) is 9.10. The molecule has 0 saturated heterocycles. The van der Waals surface area contributed by atoms with Gasteiger partial charge in [-0.2, -0.15) is 0 Å². The van der Waals surface area contributed by atoms with Crippen LogP contribution in [0, 0.1) is 0 Å². The molecule has 1 aromatic heterocycles. The van der Waals surface area contributed by atoms with Gasteiger partial charge in [0.05, 0.1) is 10.5 Å². The van der Waals surface area contributed by atoms with Gasteiger partial charge in [0.25, 0.3) is 0 Å². The van der Waals surface area contributed by atoms with Gasteiger partial charge in [0.2, 0.25) is 0 Å². The molecule has 0 fully saturated rings. The van der Waals surface area contributed by atoms with Crippen LogP contribution in [0.1, 0.15) is 22.5 Å². The highest BCUT2D eigenvalue weighted by molar-refractivity contribution is 9.10. The molecule has 1 atom stereocenters. The lowest BCUT2D eigenvalue weighted by molar-refractivity contribution is 0.0980. The monoisotopic (exact) mass is 259 g/mol. The minimum absolute atomic E-state index is 0.0528. The van der Waals surface area contributed by atoms with Gasteiger partial charge in [-0.1, -0.05) is 27.5 Å². The fraction of sp³-hybridized carbons (Fsp3) is 0.333. The van der Waals surface area contributed by atoms with Gasteiger partial charge in [0.15, 0.2) is 5.78 Å². The van der Waals surface area contributed by atoms with Crippen molar-refractivity contribution < 1.29 is 4.79 Å². The Morgan fingerprint density at radius 1 is 1.54 bits per heavy atom. The van der Waals surface area contributed by atoms with E-state index in [-0.39, 0.29) is 10.6 Å². The number of hydrogen-bond acceptors (Lipinski definition) is 2. The minimum Gasteiger partial charge on any atom is -0.293 e. The van der Waals surface area contributed by atoms with Gasteiger partial charge >= 0.3 is 0 Å². The van der Waals surface area contributed by atoms with Crippen LogP contribution < -0.4 is 0 Å². The number of rotatable bonds is 0. The first kappa shape index (κ1) is 9.16. The molecule has 4 heteroatoms. The lowest BCUT2D eigenvalue weighted by atomic mass is 9.95. The van der Waals surface area contributed by atoms with E-state index in [1.54, 1.807) is 12.1 Å². The second-order valence-corrected chi connectivity index (χ2v) is 4.49. The van der Waals surface area contributed by atoms with Crippen molar-refractivity contribution >= 4 is 33.3 Å². The summed E-state index contributed by atoms with van der Waals surface area (Å²) in [6.07, 6.45) is 1.62. The van der Waals surface area contributed by atoms with Crippen molar-refractivity contribution in [3.05, 3.63) is 28.5 Å². The Morgan fingerprint density at radius 3 is 3.08 bits per heavy atom. The molecular weight excluding hydrogens is 253 g/mol. The first-order valence-corrected chi connectivity index (χ1v) is 5.31. The van der Waals surface area contributed by atoms with Crippen LogP contribution in [0.5, 0.6) is 0 Å². The van der Waals surface area contributed by atoms with E-state index >= 15 is 0 Å². The summed E-state index contributed by atoms with van der Waals surface area (Å²) in [5, 5.41) is 0.458. The summed E-state index contributed by atoms with van der Waals surface area (Å²) >= 11 is 9.06. The number of alkyl halides is 1. The van der Waals surface area contributed by atoms with Gasteiger partial charge in [0.1, 0.15) is 5.15 Å². The van der Waals surface area contributed by atoms with Crippen molar-refractivity contribution in [2.45, 2.75) is 17.7 Å². The van der Waals surface area contributed by atoms with E-state index in [2.05, 4.69) is 20.9 Å². The second-order valence-electron chi connectivity index (χ2n) is 3.00. The highest BCUT2D eigenvalue weighted by Gasteiger charge is 2.25. The fourth-order valence-corrected chi connectivity index (χ4v) is 2.09. The zero-order chi connectivity index (χ0) is 9.42. The third kappa shape index (κ3) is 1.63. The summed E-state index contributed by atoms with van der Waals surface area (Å²) in [5.41, 5.74) is 1.53. The molecule has 0 spiro atoms. The van der Waals surface area contributed by atoms with Gasteiger partial charge in [-0.25, -0.2) is 4.98 Å². The molecule has 0 bridgehead atoms. The van der Waals surface area contributed by atoms with Crippen LogP contribution in [0.3, 0.4) is 0 Å². The Hall–Kier alpha value is -0.410. The maximum absolute atomic E-state index is 11.6. The van der Waals surface area contributed by atoms with Crippen molar-refractivity contribution in [2.75, 3.05) is 0 Å². The summed E-state index contributed by atoms with van der Waals surface area (Å²) in [7, 11) is 0. The average Bonchev–Trinajstić information content (AvgIpc) is 2.12. The third-order valence-electron chi connectivity index (χ3n) is 2.12. The van der Waals surface area contributed by atoms with Gasteiger partial charge in [-0.3, -0.25) is 4.79 Å². The Morgan fingerprint density at radius 2 is 2.31 bits per heavy atom. The van der Waals surface area contributed by atoms with E-state index in [9.17, 15) is 4.79 Å². The zero-order valence-electron chi connectivity index (χ0n) is 6.76. The van der Waals surface area contributed by atoms with Gasteiger partial charge in [-0.15, -0.1) is 0 Å². The molecule has 1 aliphatic carbocycles. The van der Waals surface area contributed by atoms with Crippen molar-refractivity contribution in [2.24, 2.45) is 0 Å². The van der Waals surface area contributed by atoms with Crippen molar-refractivity contribution in [3.8, 4) is 0 Å². The molecule has 2 nitrogen and oxygen atoms in total. The standard InChI is InChI=1S/C9H7BrClNO/c10-6-2-3-7-5(9(6)13)1-4-8(11)12-7/h1,4,6H,2-3H2. The van der Waals surface area contributed by atoms with E-state index in [4.69, 9.17) is 11.6 Å². The lowest BCUT2D eigenvalue weighted by Gasteiger charge is -2.17. The van der Waals surface area contributed by atoms with Crippen molar-refractivity contribution in [1.29, 1.82) is 0 Å². The number of carbonyl (C=O) groups is 1. The van der Waals surface area contributed by atoms with Crippen LogP contribution >= 0.6 is 27.5 Å². The number of Topliss-reactive ketones (excluding diaryl/α,β-unsaturated/α-hetero) is 1. The number of carbonyl (C=O) groups excluding carboxylic acids is 1. The van der Waals surface area contributed by atoms with E-state index in [0.717, 1.165) is 18.5 Å². The van der Waals surface area contributed by atoms with Crippen LogP contribution in [0.4, 0.5) is 0 Å². The third-order valence-corrected chi connectivity index (χ3v) is 3.21. The van der Waals surface area contributed by atoms with Gasteiger partial charge in [0, 0.05) is 5.56 Å². The van der Waals surface area contributed by atoms with Crippen LogP contribution in [0.15, 0.2) is 12.1 Å². The molecule has 0 amide bonds. The molecule has 1 unspecified atom stereocenters. The molecule has 0 saturated carbocycles. The fourth-order valence-electron chi connectivity index (χ4n) is 1.45. The van der Waals surface area contributed by atoms with Crippen LogP contribution in [0.25, 0.3) is 0 Å². The highest BCUT2D eigenvalue weighted by Crippen LogP contribution is 2.25. The number of pyridine rings is 1. The molecular formula is C9H7BrClNO. The van der Waals surface area contributed by atoms with Crippen LogP contribution in [0.2, 0.25) is 5.15 Å².